The second kappa shape index (κ2) is 18.4. The van der Waals surface area contributed by atoms with Crippen LogP contribution < -0.4 is 14.0 Å². The fourth-order valence-electron chi connectivity index (χ4n) is 4.85. The van der Waals surface area contributed by atoms with Gasteiger partial charge in [0.2, 0.25) is 0 Å². The van der Waals surface area contributed by atoms with Crippen LogP contribution in [0.2, 0.25) is 0 Å². The van der Waals surface area contributed by atoms with E-state index in [1.807, 2.05) is 6.07 Å². The predicted octanol–water partition coefficient (Wildman–Crippen LogP) is 11.7. The number of unbranched alkanes of at least 4 members (excludes halogenated alkanes) is 9. The van der Waals surface area contributed by atoms with Gasteiger partial charge in [-0.3, -0.25) is 0 Å². The summed E-state index contributed by atoms with van der Waals surface area (Å²) in [6.45, 7) is 5.12. The van der Waals surface area contributed by atoms with Gasteiger partial charge in [-0.25, -0.2) is 4.57 Å². The third-order valence-electron chi connectivity index (χ3n) is 7.18. The van der Waals surface area contributed by atoms with Crippen LogP contribution in [0, 0.1) is 11.8 Å². The maximum absolute atomic E-state index is 11.1. The van der Waals surface area contributed by atoms with Crippen LogP contribution in [-0.4, -0.2) is 18.6 Å². The molecule has 0 saturated heterocycles. The highest BCUT2D eigenvalue weighted by molar-refractivity contribution is 7.33. The molecule has 0 aliphatic carbocycles. The van der Waals surface area contributed by atoms with E-state index in [4.69, 9.17) is 18.9 Å². The van der Waals surface area contributed by atoms with Gasteiger partial charge in [-0.05, 0) is 61.4 Å². The molecular formula is C35H43O5PS3. The number of rotatable bonds is 18. The van der Waals surface area contributed by atoms with Gasteiger partial charge in [0.05, 0.1) is 18.6 Å². The molecule has 1 atom stereocenters. The SMILES string of the molecule is CCCCCCCCC#Cc1ccc(-c2cc(OCCCCCC)c(-c3ccc(-c4ccc(O[PH](=O)O)s4)s3)cc2OC)s1. The summed E-state index contributed by atoms with van der Waals surface area (Å²) in [4.78, 5) is 14.4. The lowest BCUT2D eigenvalue weighted by Crippen LogP contribution is -2.00. The smallest absolute Gasteiger partial charge is 0.365 e. The Morgan fingerprint density at radius 3 is 2.11 bits per heavy atom. The van der Waals surface area contributed by atoms with Crippen molar-refractivity contribution in [3.05, 3.63) is 53.4 Å². The molecule has 1 aromatic carbocycles. The minimum Gasteiger partial charge on any atom is -0.496 e. The predicted molar refractivity (Wildman–Crippen MR) is 189 cm³/mol. The largest absolute Gasteiger partial charge is 0.496 e. The van der Waals surface area contributed by atoms with Crippen molar-refractivity contribution in [2.45, 2.75) is 84.5 Å². The van der Waals surface area contributed by atoms with Gasteiger partial charge in [0.25, 0.3) is 0 Å². The van der Waals surface area contributed by atoms with Gasteiger partial charge in [0.1, 0.15) is 11.5 Å². The molecule has 4 rings (SSSR count). The van der Waals surface area contributed by atoms with Crippen molar-refractivity contribution in [1.82, 2.24) is 0 Å². The highest BCUT2D eigenvalue weighted by atomic mass is 32.1. The van der Waals surface area contributed by atoms with E-state index in [0.29, 0.717) is 11.7 Å². The standard InChI is InChI=1S/C35H43O5PS3/c1-4-6-8-10-11-12-13-14-16-26-17-18-31(42-26)27-25-30(39-23-15-9-7-5-2)28(24-29(27)38-3)32-19-20-33(43-32)34-21-22-35(44-34)40-41(36)37/h17-22,24-25,41H,4-13,15,23H2,1-3H3,(H,36,37). The van der Waals surface area contributed by atoms with Crippen LogP contribution in [0.25, 0.3) is 30.6 Å². The average Bonchev–Trinajstić information content (AvgIpc) is 3.79. The van der Waals surface area contributed by atoms with Crippen LogP contribution in [0.1, 0.15) is 89.4 Å². The number of thiophene rings is 3. The lowest BCUT2D eigenvalue weighted by Gasteiger charge is -2.15. The monoisotopic (exact) mass is 670 g/mol. The Labute approximate surface area is 275 Å². The maximum Gasteiger partial charge on any atom is 0.365 e. The Bertz CT molecular complexity index is 1540. The first-order valence-electron chi connectivity index (χ1n) is 15.6. The van der Waals surface area contributed by atoms with E-state index >= 15 is 0 Å². The molecular weight excluding hydrogens is 628 g/mol. The molecule has 3 heterocycles. The summed E-state index contributed by atoms with van der Waals surface area (Å²) in [5.41, 5.74) is 1.99. The zero-order valence-corrected chi connectivity index (χ0v) is 29.4. The summed E-state index contributed by atoms with van der Waals surface area (Å²) in [5.74, 6) is 8.37. The van der Waals surface area contributed by atoms with Crippen LogP contribution in [0.4, 0.5) is 0 Å². The topological polar surface area (TPSA) is 65.0 Å². The Morgan fingerprint density at radius 1 is 0.727 bits per heavy atom. The highest BCUT2D eigenvalue weighted by Gasteiger charge is 2.18. The second-order valence-electron chi connectivity index (χ2n) is 10.6. The van der Waals surface area contributed by atoms with Gasteiger partial charge >= 0.3 is 8.25 Å². The van der Waals surface area contributed by atoms with Crippen molar-refractivity contribution in [2.75, 3.05) is 13.7 Å². The van der Waals surface area contributed by atoms with Gasteiger partial charge in [0, 0.05) is 37.1 Å². The first kappa shape index (κ1) is 34.3. The molecule has 0 amide bonds. The van der Waals surface area contributed by atoms with Crippen molar-refractivity contribution < 1.29 is 23.5 Å². The Balaban J connectivity index is 1.56. The molecule has 0 fully saturated rings. The van der Waals surface area contributed by atoms with Crippen LogP contribution in [-0.2, 0) is 4.57 Å². The summed E-state index contributed by atoms with van der Waals surface area (Å²) >= 11 is 4.69. The molecule has 9 heteroatoms. The van der Waals surface area contributed by atoms with Crippen LogP contribution in [0.5, 0.6) is 16.6 Å². The third-order valence-corrected chi connectivity index (χ3v) is 11.0. The molecule has 0 radical (unpaired) electrons. The zero-order chi connectivity index (χ0) is 31.1. The summed E-state index contributed by atoms with van der Waals surface area (Å²) < 4.78 is 28.5. The van der Waals surface area contributed by atoms with Crippen molar-refractivity contribution in [3.8, 4) is 59.0 Å². The van der Waals surface area contributed by atoms with Crippen molar-refractivity contribution in [3.63, 3.8) is 0 Å². The van der Waals surface area contributed by atoms with E-state index in [9.17, 15) is 4.57 Å². The van der Waals surface area contributed by atoms with Gasteiger partial charge in [0.15, 0.2) is 5.06 Å². The van der Waals surface area contributed by atoms with Gasteiger partial charge < -0.3 is 18.9 Å². The van der Waals surface area contributed by atoms with Crippen molar-refractivity contribution >= 4 is 42.3 Å². The molecule has 0 bridgehead atoms. The minimum absolute atomic E-state index is 0.436. The molecule has 4 aromatic rings. The highest BCUT2D eigenvalue weighted by Crippen LogP contribution is 2.47. The number of benzene rings is 1. The Morgan fingerprint density at radius 2 is 1.34 bits per heavy atom. The quantitative estimate of drug-likeness (QED) is 0.0648. The molecule has 1 N–H and O–H groups in total. The molecule has 0 aliphatic heterocycles. The van der Waals surface area contributed by atoms with Crippen molar-refractivity contribution in [2.24, 2.45) is 0 Å². The maximum atomic E-state index is 11.1. The fraction of sp³-hybridized carbons (Fsp3) is 0.429. The fourth-order valence-corrected chi connectivity index (χ4v) is 8.22. The molecule has 44 heavy (non-hydrogen) atoms. The molecule has 0 aliphatic rings. The Kier molecular flexibility index (Phi) is 14.4. The lowest BCUT2D eigenvalue weighted by molar-refractivity contribution is 0.306. The van der Waals surface area contributed by atoms with E-state index in [-0.39, 0.29) is 0 Å². The number of hydrogen-bond donors (Lipinski definition) is 1. The van der Waals surface area contributed by atoms with Crippen LogP contribution in [0.3, 0.4) is 0 Å². The van der Waals surface area contributed by atoms with E-state index in [0.717, 1.165) is 66.3 Å². The zero-order valence-electron chi connectivity index (χ0n) is 25.9. The molecule has 5 nitrogen and oxygen atoms in total. The van der Waals surface area contributed by atoms with Crippen LogP contribution in [0.15, 0.2) is 48.5 Å². The van der Waals surface area contributed by atoms with E-state index in [1.54, 1.807) is 35.8 Å². The van der Waals surface area contributed by atoms with E-state index in [2.05, 4.69) is 62.1 Å². The molecule has 3 aromatic heterocycles. The molecule has 236 valence electrons. The number of ether oxygens (including phenoxy) is 2. The minimum atomic E-state index is -3.03. The van der Waals surface area contributed by atoms with Crippen molar-refractivity contribution in [1.29, 1.82) is 0 Å². The van der Waals surface area contributed by atoms with E-state index < -0.39 is 8.25 Å². The first-order chi connectivity index (χ1) is 21.5. The molecule has 0 spiro atoms. The summed E-state index contributed by atoms with van der Waals surface area (Å²) in [5, 5.41) is 0.436. The summed E-state index contributed by atoms with van der Waals surface area (Å²) in [6.07, 6.45) is 13.2. The number of methoxy groups -OCH3 is 1. The molecule has 1 unspecified atom stereocenters. The Hall–Kier alpha value is -2.53. The van der Waals surface area contributed by atoms with Gasteiger partial charge in [-0.15, -0.1) is 22.7 Å². The average molecular weight is 671 g/mol. The summed E-state index contributed by atoms with van der Waals surface area (Å²) in [6, 6.07) is 16.2. The first-order valence-corrected chi connectivity index (χ1v) is 19.3. The number of hydrogen-bond acceptors (Lipinski definition) is 7. The second-order valence-corrected chi connectivity index (χ2v) is 14.5. The molecule has 0 saturated carbocycles. The lowest BCUT2D eigenvalue weighted by atomic mass is 10.1. The van der Waals surface area contributed by atoms with E-state index in [1.165, 1.54) is 62.7 Å². The third kappa shape index (κ3) is 10.3. The van der Waals surface area contributed by atoms with Crippen LogP contribution >= 0.6 is 42.3 Å². The van der Waals surface area contributed by atoms with Gasteiger partial charge in [-0.2, -0.15) is 0 Å². The summed E-state index contributed by atoms with van der Waals surface area (Å²) in [7, 11) is -1.32. The van der Waals surface area contributed by atoms with Gasteiger partial charge in [-0.1, -0.05) is 88.4 Å². The normalized spacial score (nSPS) is 11.6.